The van der Waals surface area contributed by atoms with Crippen molar-refractivity contribution in [2.24, 2.45) is 5.92 Å². The zero-order valence-electron chi connectivity index (χ0n) is 19.4. The molecule has 1 amide bonds. The molecule has 3 fully saturated rings. The van der Waals surface area contributed by atoms with Crippen LogP contribution in [-0.4, -0.2) is 59.2 Å². The van der Waals surface area contributed by atoms with Gasteiger partial charge in [0.15, 0.2) is 5.69 Å². The summed E-state index contributed by atoms with van der Waals surface area (Å²) in [6, 6.07) is 4.86. The molecule has 4 heterocycles. The number of halogens is 3. The summed E-state index contributed by atoms with van der Waals surface area (Å²) in [5.74, 6) is 0.812. The minimum absolute atomic E-state index is 0.125. The van der Waals surface area contributed by atoms with Gasteiger partial charge in [0, 0.05) is 43.9 Å². The van der Waals surface area contributed by atoms with Crippen molar-refractivity contribution in [1.29, 1.82) is 0 Å². The molecule has 0 radical (unpaired) electrons. The number of nitrogens with one attached hydrogen (secondary N) is 3. The molecule has 190 valence electrons. The number of ether oxygens (including phenoxy) is 2. The highest BCUT2D eigenvalue weighted by molar-refractivity contribution is 5.69. The first-order valence-corrected chi connectivity index (χ1v) is 11.9. The van der Waals surface area contributed by atoms with E-state index in [1.807, 2.05) is 13.0 Å². The second kappa shape index (κ2) is 9.21. The summed E-state index contributed by atoms with van der Waals surface area (Å²) in [5, 5.41) is 13.4. The van der Waals surface area contributed by atoms with E-state index in [9.17, 15) is 18.0 Å². The van der Waals surface area contributed by atoms with Gasteiger partial charge in [-0.25, -0.2) is 9.78 Å². The Bertz CT molecular complexity index is 1060. The van der Waals surface area contributed by atoms with Crippen LogP contribution in [0.4, 0.5) is 29.5 Å². The molecule has 1 saturated carbocycles. The molecule has 9 nitrogen and oxygen atoms in total. The number of aromatic amines is 1. The van der Waals surface area contributed by atoms with E-state index in [0.29, 0.717) is 38.5 Å². The van der Waals surface area contributed by atoms with Crippen molar-refractivity contribution in [3.05, 3.63) is 35.8 Å². The predicted molar refractivity (Wildman–Crippen MR) is 121 cm³/mol. The van der Waals surface area contributed by atoms with Crippen LogP contribution in [0.3, 0.4) is 0 Å². The molecule has 5 rings (SSSR count). The predicted octanol–water partition coefficient (Wildman–Crippen LogP) is 3.87. The first-order chi connectivity index (χ1) is 16.7. The fraction of sp³-hybridized carbons (Fsp3) is 0.609. The lowest BCUT2D eigenvalue weighted by molar-refractivity contribution is -0.140. The molecule has 3 aliphatic rings. The molecular weight excluding hydrogens is 465 g/mol. The first-order valence-electron chi connectivity index (χ1n) is 11.9. The molecule has 0 spiro atoms. The number of hydrogen-bond acceptors (Lipinski definition) is 7. The molecule has 0 bridgehead atoms. The Morgan fingerprint density at radius 3 is 3.00 bits per heavy atom. The van der Waals surface area contributed by atoms with Gasteiger partial charge in [0.05, 0.1) is 18.0 Å². The summed E-state index contributed by atoms with van der Waals surface area (Å²) in [4.78, 5) is 17.3. The van der Waals surface area contributed by atoms with Crippen LogP contribution in [0.2, 0.25) is 0 Å². The molecule has 2 aliphatic heterocycles. The third-order valence-corrected chi connectivity index (χ3v) is 6.84. The van der Waals surface area contributed by atoms with Crippen molar-refractivity contribution in [3.8, 4) is 0 Å². The Morgan fingerprint density at radius 1 is 1.40 bits per heavy atom. The largest absolute Gasteiger partial charge is 0.444 e. The third-order valence-electron chi connectivity index (χ3n) is 6.84. The molecule has 2 saturated heterocycles. The van der Waals surface area contributed by atoms with Crippen molar-refractivity contribution in [2.75, 3.05) is 36.5 Å². The maximum absolute atomic E-state index is 13.3. The van der Waals surface area contributed by atoms with Crippen LogP contribution in [0.5, 0.6) is 0 Å². The van der Waals surface area contributed by atoms with Gasteiger partial charge in [0.2, 0.25) is 0 Å². The summed E-state index contributed by atoms with van der Waals surface area (Å²) >= 11 is 0. The highest BCUT2D eigenvalue weighted by Gasteiger charge is 2.40. The lowest BCUT2D eigenvalue weighted by Crippen LogP contribution is -2.37. The van der Waals surface area contributed by atoms with Crippen LogP contribution in [0.15, 0.2) is 24.4 Å². The van der Waals surface area contributed by atoms with Gasteiger partial charge < -0.3 is 25.0 Å². The number of alkyl carbamates (subject to hydrolysis) is 1. The van der Waals surface area contributed by atoms with E-state index < -0.39 is 18.0 Å². The van der Waals surface area contributed by atoms with Crippen molar-refractivity contribution >= 4 is 17.6 Å². The lowest BCUT2D eigenvalue weighted by Gasteiger charge is -2.22. The highest BCUT2D eigenvalue weighted by atomic mass is 19.4. The topological polar surface area (TPSA) is 104 Å². The molecule has 3 atom stereocenters. The number of carbonyl (C=O) groups is 1. The molecule has 2 aromatic rings. The maximum Gasteiger partial charge on any atom is 0.435 e. The summed E-state index contributed by atoms with van der Waals surface area (Å²) in [7, 11) is 0. The molecule has 1 aliphatic carbocycles. The molecule has 35 heavy (non-hydrogen) atoms. The average molecular weight is 495 g/mol. The highest BCUT2D eigenvalue weighted by Crippen LogP contribution is 2.37. The molecule has 0 unspecified atom stereocenters. The van der Waals surface area contributed by atoms with E-state index in [2.05, 4.69) is 25.8 Å². The van der Waals surface area contributed by atoms with Crippen LogP contribution >= 0.6 is 0 Å². The Morgan fingerprint density at radius 2 is 2.23 bits per heavy atom. The normalized spacial score (nSPS) is 25.5. The van der Waals surface area contributed by atoms with Gasteiger partial charge in [-0.1, -0.05) is 0 Å². The van der Waals surface area contributed by atoms with E-state index in [1.54, 1.807) is 4.90 Å². The number of aromatic nitrogens is 3. The van der Waals surface area contributed by atoms with Gasteiger partial charge in [-0.15, -0.1) is 0 Å². The third kappa shape index (κ3) is 5.63. The smallest absolute Gasteiger partial charge is 0.435 e. The minimum atomic E-state index is -4.48. The van der Waals surface area contributed by atoms with E-state index >= 15 is 0 Å². The van der Waals surface area contributed by atoms with Crippen LogP contribution in [0, 0.1) is 5.92 Å². The fourth-order valence-electron chi connectivity index (χ4n) is 4.57. The molecule has 0 aromatic carbocycles. The van der Waals surface area contributed by atoms with Crippen LogP contribution < -0.4 is 15.5 Å². The maximum atomic E-state index is 13.3. The average Bonchev–Trinajstić information content (AvgIpc) is 3.26. The van der Waals surface area contributed by atoms with Crippen LogP contribution in [0.1, 0.15) is 50.1 Å². The number of amides is 1. The number of alkyl halides is 3. The molecule has 3 N–H and O–H groups in total. The number of pyridine rings is 1. The molecule has 12 heteroatoms. The van der Waals surface area contributed by atoms with Crippen molar-refractivity contribution < 1.29 is 27.4 Å². The molecule has 2 aromatic heterocycles. The number of hydrogen-bond donors (Lipinski definition) is 3. The Hall–Kier alpha value is -3.02. The standard InChI is InChI=1S/C23H29F3N6O3/c1-22(5-6-22)29-21(33)35-15-9-18(34-13-15)16-10-19(31-30-16)28-11-14-4-8-32(12-14)17-3-2-7-27-20(17)23(24,25)26/h2-3,7,10,14-15,18H,4-6,8-9,11-13H2,1H3,(H,29,33)(H2,28,30,31)/t14-,15-,18-/m1/s1. The van der Waals surface area contributed by atoms with Gasteiger partial charge in [-0.3, -0.25) is 5.10 Å². The SMILES string of the molecule is CC1(NC(=O)O[C@H]2CO[C@@H](c3cc(NC[C@H]4CCN(c5cccnc5C(F)(F)F)C4)n[nH]3)C2)CC1. The van der Waals surface area contributed by atoms with Gasteiger partial charge in [-0.05, 0) is 44.2 Å². The van der Waals surface area contributed by atoms with E-state index in [-0.39, 0.29) is 29.4 Å². The van der Waals surface area contributed by atoms with Crippen molar-refractivity contribution in [2.45, 2.75) is 56.5 Å². The molecular formula is C23H29F3N6O3. The Kier molecular flexibility index (Phi) is 6.24. The number of rotatable bonds is 7. The van der Waals surface area contributed by atoms with Gasteiger partial charge in [0.25, 0.3) is 0 Å². The van der Waals surface area contributed by atoms with Crippen molar-refractivity contribution in [3.63, 3.8) is 0 Å². The van der Waals surface area contributed by atoms with Crippen molar-refractivity contribution in [1.82, 2.24) is 20.5 Å². The fourth-order valence-corrected chi connectivity index (χ4v) is 4.57. The number of nitrogens with zero attached hydrogens (tertiary/aromatic N) is 3. The zero-order chi connectivity index (χ0) is 24.6. The zero-order valence-corrected chi connectivity index (χ0v) is 19.4. The van der Waals surface area contributed by atoms with E-state index in [1.165, 1.54) is 18.3 Å². The number of anilines is 2. The summed E-state index contributed by atoms with van der Waals surface area (Å²) in [5.41, 5.74) is -0.0656. The summed E-state index contributed by atoms with van der Waals surface area (Å²) in [6.45, 7) is 3.94. The minimum Gasteiger partial charge on any atom is -0.444 e. The second-order valence-corrected chi connectivity index (χ2v) is 9.83. The van der Waals surface area contributed by atoms with Gasteiger partial charge in [-0.2, -0.15) is 18.3 Å². The second-order valence-electron chi connectivity index (χ2n) is 9.83. The van der Waals surface area contributed by atoms with E-state index in [0.717, 1.165) is 25.0 Å². The summed E-state index contributed by atoms with van der Waals surface area (Å²) < 4.78 is 51.2. The quantitative estimate of drug-likeness (QED) is 0.537. The lowest BCUT2D eigenvalue weighted by atomic mass is 10.1. The first kappa shape index (κ1) is 23.7. The monoisotopic (exact) mass is 494 g/mol. The van der Waals surface area contributed by atoms with Gasteiger partial charge in [0.1, 0.15) is 18.0 Å². The number of H-pyrrole nitrogens is 1. The summed E-state index contributed by atoms with van der Waals surface area (Å²) in [6.07, 6.45) is -1.06. The Balaban J connectivity index is 1.09. The van der Waals surface area contributed by atoms with E-state index in [4.69, 9.17) is 9.47 Å². The Labute approximate surface area is 200 Å². The number of carbonyl (C=O) groups excluding carboxylic acids is 1. The van der Waals surface area contributed by atoms with Crippen LogP contribution in [-0.2, 0) is 15.7 Å². The van der Waals surface area contributed by atoms with Gasteiger partial charge >= 0.3 is 12.3 Å². The van der Waals surface area contributed by atoms with Crippen LogP contribution in [0.25, 0.3) is 0 Å².